The zero-order chi connectivity index (χ0) is 10.9. The number of hydrogen-bond acceptors (Lipinski definition) is 3. The molecule has 0 atom stereocenters. The first kappa shape index (κ1) is 11.2. The van der Waals surface area contributed by atoms with E-state index in [9.17, 15) is 0 Å². The molecule has 4 heteroatoms. The molecule has 1 aromatic heterocycles. The molecule has 0 saturated carbocycles. The lowest BCUT2D eigenvalue weighted by Crippen LogP contribution is -2.19. The summed E-state index contributed by atoms with van der Waals surface area (Å²) in [6.45, 7) is 6.31. The van der Waals surface area contributed by atoms with Crippen molar-refractivity contribution in [1.29, 1.82) is 0 Å². The number of hydrogen-bond donors (Lipinski definition) is 0. The average Bonchev–Trinajstić information content (AvgIpc) is 2.01. The second-order valence-electron chi connectivity index (χ2n) is 4.52. The highest BCUT2D eigenvalue weighted by atomic mass is 35.5. The Kier molecular flexibility index (Phi) is 3.00. The lowest BCUT2D eigenvalue weighted by atomic mass is 9.92. The highest BCUT2D eigenvalue weighted by molar-refractivity contribution is 6.29. The summed E-state index contributed by atoms with van der Waals surface area (Å²) in [5.74, 6) is 0.655. The molecule has 0 fully saturated rings. The first-order valence-corrected chi connectivity index (χ1v) is 4.91. The van der Waals surface area contributed by atoms with Crippen molar-refractivity contribution in [2.24, 2.45) is 0 Å². The predicted molar refractivity (Wildman–Crippen MR) is 60.1 cm³/mol. The van der Waals surface area contributed by atoms with Crippen LogP contribution in [0.1, 0.15) is 26.5 Å². The normalized spacial score (nSPS) is 11.6. The molecular formula is C10H16ClN3. The molecule has 0 N–H and O–H groups in total. The van der Waals surface area contributed by atoms with Gasteiger partial charge in [0.2, 0.25) is 5.95 Å². The Bertz CT molecular complexity index is 329. The monoisotopic (exact) mass is 213 g/mol. The first-order valence-electron chi connectivity index (χ1n) is 4.53. The molecule has 0 bridgehead atoms. The zero-order valence-electron chi connectivity index (χ0n) is 9.30. The molecule has 0 saturated heterocycles. The highest BCUT2D eigenvalue weighted by Gasteiger charge is 2.17. The van der Waals surface area contributed by atoms with Crippen molar-refractivity contribution in [2.45, 2.75) is 26.2 Å². The van der Waals surface area contributed by atoms with Gasteiger partial charge in [0.15, 0.2) is 0 Å². The van der Waals surface area contributed by atoms with Crippen LogP contribution in [0.5, 0.6) is 0 Å². The van der Waals surface area contributed by atoms with Crippen molar-refractivity contribution < 1.29 is 0 Å². The molecule has 0 aliphatic carbocycles. The maximum atomic E-state index is 5.92. The van der Waals surface area contributed by atoms with Gasteiger partial charge in [0.05, 0.1) is 5.69 Å². The Labute approximate surface area is 90.1 Å². The third-order valence-corrected chi connectivity index (χ3v) is 2.05. The average molecular weight is 214 g/mol. The highest BCUT2D eigenvalue weighted by Crippen LogP contribution is 2.23. The van der Waals surface area contributed by atoms with E-state index >= 15 is 0 Å². The van der Waals surface area contributed by atoms with Crippen LogP contribution >= 0.6 is 11.6 Å². The predicted octanol–water partition coefficient (Wildman–Crippen LogP) is 2.49. The summed E-state index contributed by atoms with van der Waals surface area (Å²) in [5.41, 5.74) is 0.957. The maximum Gasteiger partial charge on any atom is 0.226 e. The summed E-state index contributed by atoms with van der Waals surface area (Å²) in [4.78, 5) is 10.4. The molecule has 1 rings (SSSR count). The van der Waals surface area contributed by atoms with Crippen LogP contribution in [0.25, 0.3) is 0 Å². The molecule has 0 amide bonds. The molecular weight excluding hydrogens is 198 g/mol. The SMILES string of the molecule is CN(C)c1nc(Cl)cc(C(C)(C)C)n1. The Balaban J connectivity index is 3.21. The lowest BCUT2D eigenvalue weighted by Gasteiger charge is -2.20. The maximum absolute atomic E-state index is 5.92. The summed E-state index contributed by atoms with van der Waals surface area (Å²) in [6.07, 6.45) is 0. The molecule has 78 valence electrons. The fourth-order valence-corrected chi connectivity index (χ4v) is 1.17. The Hall–Kier alpha value is -0.830. The first-order chi connectivity index (χ1) is 6.30. The quantitative estimate of drug-likeness (QED) is 0.672. The smallest absolute Gasteiger partial charge is 0.226 e. The molecule has 14 heavy (non-hydrogen) atoms. The Morgan fingerprint density at radius 2 is 1.79 bits per heavy atom. The van der Waals surface area contributed by atoms with Crippen LogP contribution in [-0.4, -0.2) is 24.1 Å². The van der Waals surface area contributed by atoms with Crippen LogP contribution in [0.3, 0.4) is 0 Å². The van der Waals surface area contributed by atoms with Gasteiger partial charge in [0.25, 0.3) is 0 Å². The third kappa shape index (κ3) is 2.58. The van der Waals surface area contributed by atoms with Gasteiger partial charge in [-0.25, -0.2) is 9.97 Å². The van der Waals surface area contributed by atoms with E-state index in [1.54, 1.807) is 0 Å². The van der Waals surface area contributed by atoms with Gasteiger partial charge in [-0.1, -0.05) is 32.4 Å². The number of anilines is 1. The van der Waals surface area contributed by atoms with Crippen molar-refractivity contribution >= 4 is 17.5 Å². The molecule has 0 radical (unpaired) electrons. The summed E-state index contributed by atoms with van der Waals surface area (Å²) >= 11 is 5.92. The zero-order valence-corrected chi connectivity index (χ0v) is 10.1. The van der Waals surface area contributed by atoms with E-state index < -0.39 is 0 Å². The van der Waals surface area contributed by atoms with Gasteiger partial charge in [-0.2, -0.15) is 0 Å². The summed E-state index contributed by atoms with van der Waals surface area (Å²) < 4.78 is 0. The van der Waals surface area contributed by atoms with Gasteiger partial charge in [0.1, 0.15) is 5.15 Å². The molecule has 0 unspecified atom stereocenters. The molecule has 3 nitrogen and oxygen atoms in total. The van der Waals surface area contributed by atoms with Crippen molar-refractivity contribution in [1.82, 2.24) is 9.97 Å². The van der Waals surface area contributed by atoms with Gasteiger partial charge in [-0.05, 0) is 6.07 Å². The minimum Gasteiger partial charge on any atom is -0.347 e. The van der Waals surface area contributed by atoms with Gasteiger partial charge in [-0.3, -0.25) is 0 Å². The second-order valence-corrected chi connectivity index (χ2v) is 4.91. The fourth-order valence-electron chi connectivity index (χ4n) is 0.990. The molecule has 1 aromatic rings. The van der Waals surface area contributed by atoms with Crippen LogP contribution in [0, 0.1) is 0 Å². The minimum atomic E-state index is -0.00264. The third-order valence-electron chi connectivity index (χ3n) is 1.85. The van der Waals surface area contributed by atoms with Gasteiger partial charge < -0.3 is 4.90 Å². The van der Waals surface area contributed by atoms with Crippen molar-refractivity contribution in [3.63, 3.8) is 0 Å². The van der Waals surface area contributed by atoms with Crippen molar-refractivity contribution in [2.75, 3.05) is 19.0 Å². The van der Waals surface area contributed by atoms with Gasteiger partial charge in [-0.15, -0.1) is 0 Å². The van der Waals surface area contributed by atoms with Crippen molar-refractivity contribution in [3.8, 4) is 0 Å². The Morgan fingerprint density at radius 3 is 2.21 bits per heavy atom. The van der Waals surface area contributed by atoms with E-state index in [2.05, 4.69) is 30.7 Å². The summed E-state index contributed by atoms with van der Waals surface area (Å²) in [5, 5.41) is 0.494. The van der Waals surface area contributed by atoms with E-state index in [0.29, 0.717) is 11.1 Å². The number of rotatable bonds is 1. The van der Waals surface area contributed by atoms with E-state index in [1.807, 2.05) is 25.1 Å². The van der Waals surface area contributed by atoms with Gasteiger partial charge in [0, 0.05) is 19.5 Å². The van der Waals surface area contributed by atoms with Crippen LogP contribution in [-0.2, 0) is 5.41 Å². The van der Waals surface area contributed by atoms with E-state index in [4.69, 9.17) is 11.6 Å². The number of aromatic nitrogens is 2. The van der Waals surface area contributed by atoms with E-state index in [1.165, 1.54) is 0 Å². The van der Waals surface area contributed by atoms with E-state index in [-0.39, 0.29) is 5.41 Å². The van der Waals surface area contributed by atoms with Gasteiger partial charge >= 0.3 is 0 Å². The fraction of sp³-hybridized carbons (Fsp3) is 0.600. The van der Waals surface area contributed by atoms with E-state index in [0.717, 1.165) is 5.69 Å². The molecule has 0 spiro atoms. The largest absolute Gasteiger partial charge is 0.347 e. The van der Waals surface area contributed by atoms with Crippen molar-refractivity contribution in [3.05, 3.63) is 16.9 Å². The van der Waals surface area contributed by atoms with Crippen LogP contribution < -0.4 is 4.90 Å². The minimum absolute atomic E-state index is 0.00264. The molecule has 1 heterocycles. The summed E-state index contributed by atoms with van der Waals surface area (Å²) in [6, 6.07) is 1.81. The lowest BCUT2D eigenvalue weighted by molar-refractivity contribution is 0.566. The Morgan fingerprint density at radius 1 is 1.21 bits per heavy atom. The molecule has 0 aliphatic heterocycles. The molecule has 0 aromatic carbocycles. The standard InChI is InChI=1S/C10H16ClN3/c1-10(2,3)7-6-8(11)13-9(12-7)14(4)5/h6H,1-5H3. The topological polar surface area (TPSA) is 29.0 Å². The summed E-state index contributed by atoms with van der Waals surface area (Å²) in [7, 11) is 3.80. The molecule has 0 aliphatic rings. The number of nitrogens with zero attached hydrogens (tertiary/aromatic N) is 3. The second kappa shape index (κ2) is 3.73. The van der Waals surface area contributed by atoms with Crippen LogP contribution in [0.4, 0.5) is 5.95 Å². The van der Waals surface area contributed by atoms with Crippen LogP contribution in [0.2, 0.25) is 5.15 Å². The van der Waals surface area contributed by atoms with Crippen LogP contribution in [0.15, 0.2) is 6.07 Å². The number of halogens is 1.